The zero-order valence-corrected chi connectivity index (χ0v) is 22.7. The van der Waals surface area contributed by atoms with Crippen LogP contribution in [0, 0.1) is 11.3 Å². The van der Waals surface area contributed by atoms with Gasteiger partial charge < -0.3 is 14.6 Å². The van der Waals surface area contributed by atoms with E-state index in [0.29, 0.717) is 18.0 Å². The number of benzene rings is 1. The summed E-state index contributed by atoms with van der Waals surface area (Å²) >= 11 is 0. The van der Waals surface area contributed by atoms with Crippen LogP contribution in [0.25, 0.3) is 16.8 Å². The molecule has 2 aromatic heterocycles. The van der Waals surface area contributed by atoms with Gasteiger partial charge in [-0.15, -0.1) is 0 Å². The molecule has 2 heterocycles. The molecule has 0 unspecified atom stereocenters. The number of amides is 1. The monoisotopic (exact) mass is 516 g/mol. The lowest BCUT2D eigenvalue weighted by molar-refractivity contribution is -0.896. The molecule has 0 saturated heterocycles. The summed E-state index contributed by atoms with van der Waals surface area (Å²) in [7, 11) is -1.24. The Morgan fingerprint density at radius 3 is 2.81 bits per heavy atom. The van der Waals surface area contributed by atoms with E-state index in [0.717, 1.165) is 47.6 Å². The second kappa shape index (κ2) is 11.5. The van der Waals surface area contributed by atoms with Gasteiger partial charge in [-0.05, 0) is 61.6 Å². The quantitative estimate of drug-likeness (QED) is 0.170. The van der Waals surface area contributed by atoms with Crippen LogP contribution < -0.4 is 10.0 Å². The molecule has 0 fully saturated rings. The van der Waals surface area contributed by atoms with Gasteiger partial charge in [-0.25, -0.2) is 4.98 Å². The van der Waals surface area contributed by atoms with Crippen molar-refractivity contribution in [3.8, 4) is 17.3 Å². The number of imidazole rings is 1. The maximum atomic E-state index is 13.4. The summed E-state index contributed by atoms with van der Waals surface area (Å²) in [5.74, 6) is -0.272. The molecule has 0 spiro atoms. The van der Waals surface area contributed by atoms with E-state index in [9.17, 15) is 15.3 Å². The van der Waals surface area contributed by atoms with Crippen molar-refractivity contribution < 1.29 is 19.5 Å². The smallest absolute Gasteiger partial charge is 0.291 e. The fraction of sp³-hybridized carbons (Fsp3) is 0.357. The molecule has 8 nitrogen and oxygen atoms in total. The van der Waals surface area contributed by atoms with Crippen LogP contribution in [0.4, 0.5) is 5.69 Å². The highest BCUT2D eigenvalue weighted by atomic mass is 28.3. The van der Waals surface area contributed by atoms with Gasteiger partial charge in [-0.1, -0.05) is 25.7 Å². The summed E-state index contributed by atoms with van der Waals surface area (Å²) in [5, 5.41) is 22.7. The number of pyridine rings is 1. The van der Waals surface area contributed by atoms with Crippen molar-refractivity contribution >= 4 is 25.2 Å². The van der Waals surface area contributed by atoms with Crippen LogP contribution >= 0.6 is 0 Å². The van der Waals surface area contributed by atoms with Crippen molar-refractivity contribution in [2.75, 3.05) is 11.9 Å². The average Bonchev–Trinajstić information content (AvgIpc) is 3.31. The SMILES string of the molecule is C[Si](C)(C)CCOCn1cc(C#N)nc1C(=O)Nc1ccc(-c2cccc[n+]2O)cc1C1=CCCCC1. The molecule has 2 N–H and O–H groups in total. The van der Waals surface area contributed by atoms with Gasteiger partial charge in [0.25, 0.3) is 11.6 Å². The Balaban J connectivity index is 1.61. The standard InChI is InChI=1S/C28H33N5O3Si/c1-37(2,3)16-15-36-20-32-19-23(18-29)30-27(32)28(34)31-25-13-12-22(26-11-7-8-14-33(26)35)17-24(25)21-9-5-4-6-10-21/h7-9,11-14,17,19,35H,4-6,10,15-16,20H2,1-3H3/p+1. The molecule has 37 heavy (non-hydrogen) atoms. The maximum absolute atomic E-state index is 13.4. The van der Waals surface area contributed by atoms with Gasteiger partial charge in [-0.2, -0.15) is 5.26 Å². The topological polar surface area (TPSA) is 104 Å². The van der Waals surface area contributed by atoms with Crippen LogP contribution in [-0.4, -0.2) is 35.3 Å². The molecular formula is C28H34N5O3Si+. The first-order valence-electron chi connectivity index (χ1n) is 12.7. The van der Waals surface area contributed by atoms with E-state index in [1.807, 2.05) is 36.4 Å². The predicted molar refractivity (Wildman–Crippen MR) is 145 cm³/mol. The number of ether oxygens (including phenoxy) is 1. The molecule has 4 rings (SSSR count). The van der Waals surface area contributed by atoms with Crippen molar-refractivity contribution in [2.45, 2.75) is 58.1 Å². The number of hydrogen-bond acceptors (Lipinski definition) is 5. The molecule has 0 aliphatic heterocycles. The minimum absolute atomic E-state index is 0.133. The first-order valence-corrected chi connectivity index (χ1v) is 16.4. The predicted octanol–water partition coefficient (Wildman–Crippen LogP) is 5.47. The Bertz CT molecular complexity index is 1350. The molecule has 0 atom stereocenters. The summed E-state index contributed by atoms with van der Waals surface area (Å²) < 4.78 is 8.50. The van der Waals surface area contributed by atoms with Gasteiger partial charge in [0.05, 0.1) is 5.56 Å². The molecule has 1 amide bonds. The molecule has 0 bridgehead atoms. The number of rotatable bonds is 9. The highest BCUT2D eigenvalue weighted by Crippen LogP contribution is 2.34. The number of aromatic nitrogens is 3. The van der Waals surface area contributed by atoms with E-state index in [1.165, 1.54) is 5.57 Å². The molecule has 0 radical (unpaired) electrons. The van der Waals surface area contributed by atoms with Crippen molar-refractivity contribution in [3.63, 3.8) is 0 Å². The lowest BCUT2D eigenvalue weighted by Crippen LogP contribution is -2.31. The van der Waals surface area contributed by atoms with Crippen molar-refractivity contribution in [2.24, 2.45) is 0 Å². The van der Waals surface area contributed by atoms with Gasteiger partial charge in [0, 0.05) is 49.0 Å². The molecule has 9 heteroatoms. The number of nitriles is 1. The number of nitrogens with one attached hydrogen (secondary N) is 1. The fourth-order valence-electron chi connectivity index (χ4n) is 4.29. The summed E-state index contributed by atoms with van der Waals surface area (Å²) in [6.07, 6.45) is 9.49. The molecule has 1 aromatic carbocycles. The van der Waals surface area contributed by atoms with Crippen LogP contribution in [0.15, 0.2) is 54.9 Å². The van der Waals surface area contributed by atoms with Crippen molar-refractivity contribution in [1.29, 1.82) is 5.26 Å². The third kappa shape index (κ3) is 6.73. The van der Waals surface area contributed by atoms with Crippen LogP contribution in [0.1, 0.15) is 47.6 Å². The number of anilines is 1. The highest BCUT2D eigenvalue weighted by Gasteiger charge is 2.21. The number of nitrogens with zero attached hydrogens (tertiary/aromatic N) is 4. The van der Waals surface area contributed by atoms with Crippen LogP contribution in [0.2, 0.25) is 25.7 Å². The largest absolute Gasteiger partial charge is 0.361 e. The van der Waals surface area contributed by atoms with Gasteiger partial charge in [0.15, 0.2) is 5.69 Å². The summed E-state index contributed by atoms with van der Waals surface area (Å²) in [4.78, 5) is 17.6. The van der Waals surface area contributed by atoms with E-state index in [4.69, 9.17) is 4.74 Å². The molecule has 1 aliphatic rings. The van der Waals surface area contributed by atoms with Gasteiger partial charge in [-0.3, -0.25) is 10.0 Å². The fourth-order valence-corrected chi connectivity index (χ4v) is 5.05. The number of carbonyl (C=O) groups excluding carboxylic acids is 1. The molecule has 192 valence electrons. The van der Waals surface area contributed by atoms with Gasteiger partial charge in [0.1, 0.15) is 12.8 Å². The van der Waals surface area contributed by atoms with Crippen molar-refractivity contribution in [3.05, 3.63) is 71.9 Å². The lowest BCUT2D eigenvalue weighted by atomic mass is 9.91. The van der Waals surface area contributed by atoms with Gasteiger partial charge >= 0.3 is 0 Å². The summed E-state index contributed by atoms with van der Waals surface area (Å²) in [6, 6.07) is 14.2. The average molecular weight is 517 g/mol. The molecule has 3 aromatic rings. The van der Waals surface area contributed by atoms with Crippen LogP contribution in [0.5, 0.6) is 0 Å². The van der Waals surface area contributed by atoms with E-state index in [-0.39, 0.29) is 18.2 Å². The number of carbonyl (C=O) groups is 1. The van der Waals surface area contributed by atoms with E-state index < -0.39 is 14.0 Å². The van der Waals surface area contributed by atoms with E-state index >= 15 is 0 Å². The lowest BCUT2D eigenvalue weighted by Gasteiger charge is -2.18. The first-order chi connectivity index (χ1) is 17.7. The van der Waals surface area contributed by atoms with Crippen LogP contribution in [0.3, 0.4) is 0 Å². The third-order valence-electron chi connectivity index (χ3n) is 6.36. The minimum Gasteiger partial charge on any atom is -0.361 e. The minimum atomic E-state index is -1.24. The van der Waals surface area contributed by atoms with Gasteiger partial charge in [0.2, 0.25) is 12.0 Å². The zero-order valence-electron chi connectivity index (χ0n) is 21.7. The normalized spacial score (nSPS) is 13.6. The van der Waals surface area contributed by atoms with Crippen LogP contribution in [-0.2, 0) is 11.5 Å². The first kappa shape index (κ1) is 26.3. The molecule has 1 aliphatic carbocycles. The second-order valence-corrected chi connectivity index (χ2v) is 16.1. The highest BCUT2D eigenvalue weighted by molar-refractivity contribution is 6.76. The Hall–Kier alpha value is -3.74. The Morgan fingerprint density at radius 1 is 1.27 bits per heavy atom. The Labute approximate surface area is 218 Å². The van der Waals surface area contributed by atoms with E-state index in [2.05, 4.69) is 36.0 Å². The third-order valence-corrected chi connectivity index (χ3v) is 8.06. The Morgan fingerprint density at radius 2 is 2.11 bits per heavy atom. The zero-order chi connectivity index (χ0) is 26.4. The van der Waals surface area contributed by atoms with Crippen molar-refractivity contribution in [1.82, 2.24) is 9.55 Å². The number of allylic oxidation sites excluding steroid dienone is 2. The molecular weight excluding hydrogens is 482 g/mol. The summed E-state index contributed by atoms with van der Waals surface area (Å²) in [6.45, 7) is 7.60. The second-order valence-electron chi connectivity index (χ2n) is 10.5. The molecule has 0 saturated carbocycles. The van der Waals surface area contributed by atoms with E-state index in [1.54, 1.807) is 23.0 Å². The summed E-state index contributed by atoms with van der Waals surface area (Å²) in [5.41, 5.74) is 4.41. The maximum Gasteiger partial charge on any atom is 0.291 e. The number of hydrogen-bond donors (Lipinski definition) is 2. The Kier molecular flexibility index (Phi) is 8.21.